The lowest BCUT2D eigenvalue weighted by Gasteiger charge is -2.42. The Kier molecular flexibility index (Phi) is 16.0. The minimum atomic E-state index is -1.25. The van der Waals surface area contributed by atoms with E-state index in [4.69, 9.17) is 5.73 Å². The van der Waals surface area contributed by atoms with Crippen molar-refractivity contribution in [1.82, 2.24) is 10.3 Å². The van der Waals surface area contributed by atoms with Crippen LogP contribution in [0, 0.1) is 41.4 Å². The summed E-state index contributed by atoms with van der Waals surface area (Å²) in [5.41, 5.74) is 11.9. The van der Waals surface area contributed by atoms with Gasteiger partial charge < -0.3 is 46.7 Å². The summed E-state index contributed by atoms with van der Waals surface area (Å²) in [5, 5.41) is 72.0. The maximum absolute atomic E-state index is 13.2. The average Bonchev–Trinajstić information content (AvgIpc) is 3.86. The van der Waals surface area contributed by atoms with E-state index in [9.17, 15) is 35.4 Å². The molecule has 1 aromatic heterocycles. The molecule has 10 atom stereocenters. The number of allylic oxidation sites excluding steroid dienone is 3. The van der Waals surface area contributed by atoms with Crippen molar-refractivity contribution in [3.8, 4) is 33.9 Å². The van der Waals surface area contributed by atoms with Crippen LogP contribution in [0.4, 0.5) is 0 Å². The molecule has 0 saturated heterocycles. The van der Waals surface area contributed by atoms with Gasteiger partial charge in [0.1, 0.15) is 11.5 Å². The third-order valence-electron chi connectivity index (χ3n) is 15.7. The minimum Gasteiger partial charge on any atom is -0.508 e. The second-order valence-corrected chi connectivity index (χ2v) is 20.4. The van der Waals surface area contributed by atoms with Crippen LogP contribution in [0.3, 0.4) is 0 Å². The summed E-state index contributed by atoms with van der Waals surface area (Å²) < 4.78 is 0. The summed E-state index contributed by atoms with van der Waals surface area (Å²) in [5.74, 6) is -1.86. The first-order valence-corrected chi connectivity index (χ1v) is 25.3. The molecule has 3 aliphatic carbocycles. The quantitative estimate of drug-likeness (QED) is 0.0289. The molecule has 362 valence electrons. The predicted octanol–water partition coefficient (Wildman–Crippen LogP) is 10.3. The monoisotopic (exact) mass is 924 g/mol. The van der Waals surface area contributed by atoms with Crippen molar-refractivity contribution in [3.63, 3.8) is 0 Å². The van der Waals surface area contributed by atoms with Gasteiger partial charge in [-0.1, -0.05) is 136 Å². The van der Waals surface area contributed by atoms with Gasteiger partial charge in [-0.2, -0.15) is 0 Å². The van der Waals surface area contributed by atoms with Crippen molar-refractivity contribution in [3.05, 3.63) is 144 Å². The first-order chi connectivity index (χ1) is 32.9. The Labute approximate surface area is 402 Å². The number of aromatic nitrogens is 1. The van der Waals surface area contributed by atoms with Gasteiger partial charge in [0.2, 0.25) is 0 Å². The Morgan fingerprint density at radius 3 is 2.37 bits per heavy atom. The number of dihydropyridines is 1. The highest BCUT2D eigenvalue weighted by Crippen LogP contribution is 2.55. The number of benzene rings is 3. The van der Waals surface area contributed by atoms with Crippen LogP contribution in [0.1, 0.15) is 107 Å². The van der Waals surface area contributed by atoms with E-state index in [1.807, 2.05) is 78.9 Å². The van der Waals surface area contributed by atoms with Gasteiger partial charge in [-0.3, -0.25) is 4.79 Å². The van der Waals surface area contributed by atoms with Crippen LogP contribution >= 0.6 is 0 Å². The number of hydrogen-bond donors (Lipinski definition) is 9. The van der Waals surface area contributed by atoms with Crippen LogP contribution < -0.4 is 11.1 Å². The number of unbranched alkanes of at least 4 members (excludes halogenated alkanes) is 4. The van der Waals surface area contributed by atoms with E-state index in [0.717, 1.165) is 65.8 Å². The van der Waals surface area contributed by atoms with Crippen LogP contribution in [0.5, 0.6) is 11.5 Å². The van der Waals surface area contributed by atoms with Crippen molar-refractivity contribution < 1.29 is 35.4 Å². The van der Waals surface area contributed by atoms with Crippen molar-refractivity contribution in [2.45, 2.75) is 121 Å². The molecule has 10 unspecified atom stereocenters. The minimum absolute atomic E-state index is 0.00208. The lowest BCUT2D eigenvalue weighted by atomic mass is 9.68. The molecule has 3 aromatic carbocycles. The Hall–Kier alpha value is -5.55. The van der Waals surface area contributed by atoms with E-state index in [2.05, 4.69) is 41.5 Å². The summed E-state index contributed by atoms with van der Waals surface area (Å²) >= 11 is 0. The number of H-pyrrole nitrogens is 1. The number of nitrogens with two attached hydrogens (primary N) is 1. The number of carboxylic acids is 1. The van der Waals surface area contributed by atoms with Gasteiger partial charge in [0.05, 0.1) is 35.2 Å². The second kappa shape index (κ2) is 22.3. The first-order valence-electron chi connectivity index (χ1n) is 25.3. The van der Waals surface area contributed by atoms with Gasteiger partial charge in [-0.15, -0.1) is 0 Å². The Bertz CT molecular complexity index is 2440. The molecule has 68 heavy (non-hydrogen) atoms. The van der Waals surface area contributed by atoms with Crippen molar-refractivity contribution >= 4 is 5.97 Å². The SMILES string of the molecule is CCCCCC1C=CC(CCCCCC(C(=O)O)C(O)C2C=CC3C(CC4=CCNC(N)=C4)CC(Cc4cc(-c5ccccc5)c(-c5cc(O)cc(O)c5Cc5ccccc5)[nH]4)C3(O)C2)C(O)C1. The molecule has 1 fully saturated rings. The third-order valence-corrected chi connectivity index (χ3v) is 15.7. The van der Waals surface area contributed by atoms with E-state index >= 15 is 0 Å². The van der Waals surface area contributed by atoms with Crippen LogP contribution in [-0.4, -0.2) is 65.9 Å². The van der Waals surface area contributed by atoms with Gasteiger partial charge >= 0.3 is 5.97 Å². The van der Waals surface area contributed by atoms with Gasteiger partial charge in [0, 0.05) is 59.2 Å². The number of phenols is 2. The molecule has 0 amide bonds. The van der Waals surface area contributed by atoms with Gasteiger partial charge in [0.15, 0.2) is 0 Å². The maximum Gasteiger partial charge on any atom is 0.309 e. The first kappa shape index (κ1) is 48.9. The topological polar surface area (TPSA) is 192 Å². The number of aliphatic hydroxyl groups excluding tert-OH is 2. The number of fused-ring (bicyclic) bond motifs is 1. The fourth-order valence-electron chi connectivity index (χ4n) is 12.1. The maximum atomic E-state index is 13.2. The average molecular weight is 924 g/mol. The summed E-state index contributed by atoms with van der Waals surface area (Å²) in [6, 6.07) is 25.1. The number of carboxylic acid groups (broad SMARTS) is 1. The summed E-state index contributed by atoms with van der Waals surface area (Å²) in [6.45, 7) is 2.84. The van der Waals surface area contributed by atoms with E-state index in [1.165, 1.54) is 25.3 Å². The molecular formula is C58H73N3O7. The van der Waals surface area contributed by atoms with Gasteiger partial charge in [-0.25, -0.2) is 0 Å². The zero-order chi connectivity index (χ0) is 47.8. The molecule has 10 nitrogen and oxygen atoms in total. The third kappa shape index (κ3) is 11.5. The highest BCUT2D eigenvalue weighted by molar-refractivity contribution is 5.85. The number of nitrogens with one attached hydrogen (secondary N) is 2. The summed E-state index contributed by atoms with van der Waals surface area (Å²) in [4.78, 5) is 16.6. The molecule has 8 rings (SSSR count). The molecule has 0 spiro atoms. The summed E-state index contributed by atoms with van der Waals surface area (Å²) in [6.07, 6.45) is 22.7. The standard InChI is InChI=1S/C58H73N3O7/c1-2-3-7-14-38-21-22-41(52(63)29-38)19-12-6-13-20-47(57(66)67)56(65)42-23-24-51-43(27-39-25-26-60-54(59)30-39)31-44(58(51,68)36-42)32-45-33-48(40-17-10-5-11-18-40)55(61-45)50-34-46(62)35-53(64)49(50)28-37-15-8-4-9-16-37/h4-5,8-11,15-18,21-25,30,33-35,38,41-44,47,51-52,56,60-65,68H,2-3,6-7,12-14,19-20,26-29,31-32,36,59H2,1H3,(H,66,67). The number of hydrogen-bond acceptors (Lipinski definition) is 8. The van der Waals surface area contributed by atoms with Crippen LogP contribution in [0.2, 0.25) is 0 Å². The highest BCUT2D eigenvalue weighted by atomic mass is 16.4. The fraction of sp³-hybridized carbons (Fsp3) is 0.466. The second-order valence-electron chi connectivity index (χ2n) is 20.4. The highest BCUT2D eigenvalue weighted by Gasteiger charge is 2.56. The number of rotatable bonds is 21. The normalized spacial score (nSPS) is 26.4. The van der Waals surface area contributed by atoms with Crippen molar-refractivity contribution in [2.24, 2.45) is 47.2 Å². The number of aromatic amines is 1. The molecule has 1 saturated carbocycles. The van der Waals surface area contributed by atoms with E-state index in [-0.39, 0.29) is 47.7 Å². The lowest BCUT2D eigenvalue weighted by Crippen LogP contribution is -2.48. The molecular weight excluding hydrogens is 851 g/mol. The Morgan fingerprint density at radius 2 is 1.63 bits per heavy atom. The Balaban J connectivity index is 1.02. The molecule has 10 heteroatoms. The lowest BCUT2D eigenvalue weighted by molar-refractivity contribution is -0.148. The van der Waals surface area contributed by atoms with Crippen molar-refractivity contribution in [2.75, 3.05) is 6.54 Å². The molecule has 4 aliphatic rings. The molecule has 2 heterocycles. The predicted molar refractivity (Wildman–Crippen MR) is 269 cm³/mol. The van der Waals surface area contributed by atoms with E-state index in [0.29, 0.717) is 67.9 Å². The number of aliphatic hydroxyl groups is 3. The Morgan fingerprint density at radius 1 is 0.868 bits per heavy atom. The molecule has 0 radical (unpaired) electrons. The smallest absolute Gasteiger partial charge is 0.309 e. The van der Waals surface area contributed by atoms with Crippen LogP contribution in [-0.2, 0) is 17.6 Å². The van der Waals surface area contributed by atoms with Crippen LogP contribution in [0.25, 0.3) is 22.4 Å². The summed E-state index contributed by atoms with van der Waals surface area (Å²) in [7, 11) is 0. The van der Waals surface area contributed by atoms with Gasteiger partial charge in [0.25, 0.3) is 0 Å². The fourth-order valence-corrected chi connectivity index (χ4v) is 12.1. The number of aromatic hydroxyl groups is 2. The largest absolute Gasteiger partial charge is 0.508 e. The molecule has 0 bridgehead atoms. The van der Waals surface area contributed by atoms with E-state index < -0.39 is 29.5 Å². The van der Waals surface area contributed by atoms with E-state index in [1.54, 1.807) is 6.07 Å². The molecule has 10 N–H and O–H groups in total. The number of phenolic OH excluding ortho intramolecular Hbond substituents is 2. The molecule has 1 aliphatic heterocycles. The zero-order valence-electron chi connectivity index (χ0n) is 39.6. The molecule has 4 aromatic rings. The zero-order valence-corrected chi connectivity index (χ0v) is 39.6. The van der Waals surface area contributed by atoms with Gasteiger partial charge in [-0.05, 0) is 104 Å². The number of carbonyl (C=O) groups is 1. The van der Waals surface area contributed by atoms with Crippen molar-refractivity contribution in [1.29, 1.82) is 0 Å². The number of aliphatic carboxylic acids is 1. The van der Waals surface area contributed by atoms with Crippen LogP contribution in [0.15, 0.2) is 127 Å².